The van der Waals surface area contributed by atoms with Crippen molar-refractivity contribution in [2.45, 2.75) is 45.2 Å². The normalized spacial score (nSPS) is 21.3. The SMILES string of the molecule is Cc1cccc([C@H](C)NC(=O)C2CCCCN2)c1. The van der Waals surface area contributed by atoms with E-state index in [9.17, 15) is 4.79 Å². The zero-order valence-corrected chi connectivity index (χ0v) is 11.2. The van der Waals surface area contributed by atoms with E-state index in [1.54, 1.807) is 0 Å². The number of nitrogens with one attached hydrogen (secondary N) is 2. The molecule has 2 N–H and O–H groups in total. The average Bonchev–Trinajstić information content (AvgIpc) is 2.39. The first-order chi connectivity index (χ1) is 8.66. The van der Waals surface area contributed by atoms with Gasteiger partial charge in [0.25, 0.3) is 0 Å². The number of benzene rings is 1. The van der Waals surface area contributed by atoms with Gasteiger partial charge in [-0.15, -0.1) is 0 Å². The first-order valence-electron chi connectivity index (χ1n) is 6.77. The van der Waals surface area contributed by atoms with Crippen molar-refractivity contribution in [2.75, 3.05) is 6.54 Å². The van der Waals surface area contributed by atoms with Crippen molar-refractivity contribution in [3.05, 3.63) is 35.4 Å². The molecule has 18 heavy (non-hydrogen) atoms. The lowest BCUT2D eigenvalue weighted by atomic mass is 10.0. The predicted molar refractivity (Wildman–Crippen MR) is 73.4 cm³/mol. The Morgan fingerprint density at radius 2 is 2.28 bits per heavy atom. The Bertz CT molecular complexity index is 411. The molecule has 1 aromatic rings. The fourth-order valence-corrected chi connectivity index (χ4v) is 2.41. The van der Waals surface area contributed by atoms with Gasteiger partial charge in [-0.2, -0.15) is 0 Å². The van der Waals surface area contributed by atoms with Gasteiger partial charge in [0.2, 0.25) is 5.91 Å². The molecular formula is C15H22N2O. The zero-order chi connectivity index (χ0) is 13.0. The van der Waals surface area contributed by atoms with Gasteiger partial charge in [0.15, 0.2) is 0 Å². The van der Waals surface area contributed by atoms with E-state index in [4.69, 9.17) is 0 Å². The number of aryl methyl sites for hydroxylation is 1. The Kier molecular flexibility index (Phi) is 4.37. The van der Waals surface area contributed by atoms with Crippen molar-refractivity contribution in [3.8, 4) is 0 Å². The van der Waals surface area contributed by atoms with Gasteiger partial charge < -0.3 is 10.6 Å². The standard InChI is InChI=1S/C15H22N2O/c1-11-6-5-7-13(10-11)12(2)17-15(18)14-8-3-4-9-16-14/h5-7,10,12,14,16H,3-4,8-9H2,1-2H3,(H,17,18)/t12-,14?/m0/s1. The summed E-state index contributed by atoms with van der Waals surface area (Å²) in [6, 6.07) is 8.35. The quantitative estimate of drug-likeness (QED) is 0.859. The Hall–Kier alpha value is -1.35. The molecule has 1 saturated heterocycles. The van der Waals surface area contributed by atoms with Gasteiger partial charge in [0.1, 0.15) is 0 Å². The number of rotatable bonds is 3. The summed E-state index contributed by atoms with van der Waals surface area (Å²) in [5.41, 5.74) is 2.39. The van der Waals surface area contributed by atoms with Crippen molar-refractivity contribution in [1.29, 1.82) is 0 Å². The maximum atomic E-state index is 12.1. The van der Waals surface area contributed by atoms with Crippen LogP contribution in [0.25, 0.3) is 0 Å². The van der Waals surface area contributed by atoms with Gasteiger partial charge in [-0.3, -0.25) is 4.79 Å². The third-order valence-corrected chi connectivity index (χ3v) is 3.53. The van der Waals surface area contributed by atoms with Crippen molar-refractivity contribution in [2.24, 2.45) is 0 Å². The number of hydrogen-bond donors (Lipinski definition) is 2. The highest BCUT2D eigenvalue weighted by atomic mass is 16.2. The zero-order valence-electron chi connectivity index (χ0n) is 11.2. The van der Waals surface area contributed by atoms with E-state index >= 15 is 0 Å². The molecule has 1 fully saturated rings. The van der Waals surface area contributed by atoms with E-state index in [2.05, 4.69) is 35.8 Å². The topological polar surface area (TPSA) is 41.1 Å². The number of carbonyl (C=O) groups excluding carboxylic acids is 1. The van der Waals surface area contributed by atoms with Crippen LogP contribution < -0.4 is 10.6 Å². The van der Waals surface area contributed by atoms with Crippen LogP contribution in [0.5, 0.6) is 0 Å². The van der Waals surface area contributed by atoms with Crippen LogP contribution in [0.3, 0.4) is 0 Å². The van der Waals surface area contributed by atoms with Crippen LogP contribution in [0.2, 0.25) is 0 Å². The lowest BCUT2D eigenvalue weighted by molar-refractivity contribution is -0.124. The van der Waals surface area contributed by atoms with Crippen molar-refractivity contribution in [1.82, 2.24) is 10.6 Å². The Labute approximate surface area is 109 Å². The van der Waals surface area contributed by atoms with Gasteiger partial charge in [0, 0.05) is 0 Å². The predicted octanol–water partition coefficient (Wildman–Crippen LogP) is 2.31. The Balaban J connectivity index is 1.94. The molecule has 2 rings (SSSR count). The molecule has 1 aromatic carbocycles. The number of piperidine rings is 1. The van der Waals surface area contributed by atoms with E-state index < -0.39 is 0 Å². The molecule has 2 atom stereocenters. The maximum absolute atomic E-state index is 12.1. The van der Waals surface area contributed by atoms with Gasteiger partial charge in [-0.1, -0.05) is 36.2 Å². The maximum Gasteiger partial charge on any atom is 0.237 e. The summed E-state index contributed by atoms with van der Waals surface area (Å²) in [4.78, 5) is 12.1. The molecule has 1 aliphatic rings. The second-order valence-electron chi connectivity index (χ2n) is 5.15. The van der Waals surface area contributed by atoms with Crippen molar-refractivity contribution < 1.29 is 4.79 Å². The summed E-state index contributed by atoms with van der Waals surface area (Å²) in [6.45, 7) is 5.06. The van der Waals surface area contributed by atoms with Crippen LogP contribution >= 0.6 is 0 Å². The summed E-state index contributed by atoms with van der Waals surface area (Å²) >= 11 is 0. The minimum atomic E-state index is -0.00832. The van der Waals surface area contributed by atoms with Crippen molar-refractivity contribution >= 4 is 5.91 Å². The van der Waals surface area contributed by atoms with E-state index in [0.29, 0.717) is 0 Å². The summed E-state index contributed by atoms with van der Waals surface area (Å²) < 4.78 is 0. The van der Waals surface area contributed by atoms with Gasteiger partial charge >= 0.3 is 0 Å². The first kappa shape index (κ1) is 13.1. The molecular weight excluding hydrogens is 224 g/mol. The smallest absolute Gasteiger partial charge is 0.237 e. The highest BCUT2D eigenvalue weighted by molar-refractivity contribution is 5.82. The molecule has 1 amide bonds. The molecule has 0 aliphatic carbocycles. The van der Waals surface area contributed by atoms with Crippen LogP contribution in [-0.2, 0) is 4.79 Å². The Morgan fingerprint density at radius 3 is 2.94 bits per heavy atom. The highest BCUT2D eigenvalue weighted by Crippen LogP contribution is 2.15. The molecule has 0 spiro atoms. The molecule has 0 aromatic heterocycles. The molecule has 98 valence electrons. The van der Waals surface area contributed by atoms with Crippen molar-refractivity contribution in [3.63, 3.8) is 0 Å². The minimum Gasteiger partial charge on any atom is -0.348 e. The number of amides is 1. The van der Waals surface area contributed by atoms with Crippen LogP contribution in [0, 0.1) is 6.92 Å². The number of hydrogen-bond acceptors (Lipinski definition) is 2. The van der Waals surface area contributed by atoms with E-state index in [0.717, 1.165) is 19.4 Å². The molecule has 0 bridgehead atoms. The van der Waals surface area contributed by atoms with Crippen LogP contribution in [0.4, 0.5) is 0 Å². The second-order valence-corrected chi connectivity index (χ2v) is 5.15. The third-order valence-electron chi connectivity index (χ3n) is 3.53. The van der Waals surface area contributed by atoms with Crippen LogP contribution in [0.15, 0.2) is 24.3 Å². The molecule has 0 saturated carbocycles. The molecule has 1 unspecified atom stereocenters. The molecule has 0 radical (unpaired) electrons. The first-order valence-corrected chi connectivity index (χ1v) is 6.77. The van der Waals surface area contributed by atoms with Gasteiger partial charge in [-0.05, 0) is 38.8 Å². The van der Waals surface area contributed by atoms with E-state index in [1.165, 1.54) is 17.5 Å². The van der Waals surface area contributed by atoms with Gasteiger partial charge in [-0.25, -0.2) is 0 Å². The summed E-state index contributed by atoms with van der Waals surface area (Å²) in [7, 11) is 0. The van der Waals surface area contributed by atoms with Crippen LogP contribution in [-0.4, -0.2) is 18.5 Å². The van der Waals surface area contributed by atoms with E-state index in [-0.39, 0.29) is 18.0 Å². The summed E-state index contributed by atoms with van der Waals surface area (Å²) in [5.74, 6) is 0.128. The summed E-state index contributed by atoms with van der Waals surface area (Å²) in [6.07, 6.45) is 3.27. The lowest BCUT2D eigenvalue weighted by Crippen LogP contribution is -2.47. The largest absolute Gasteiger partial charge is 0.348 e. The third kappa shape index (κ3) is 3.33. The van der Waals surface area contributed by atoms with Crippen LogP contribution in [0.1, 0.15) is 43.4 Å². The fraction of sp³-hybridized carbons (Fsp3) is 0.533. The minimum absolute atomic E-state index is 0.00832. The average molecular weight is 246 g/mol. The second kappa shape index (κ2) is 6.01. The molecule has 3 nitrogen and oxygen atoms in total. The molecule has 1 heterocycles. The lowest BCUT2D eigenvalue weighted by Gasteiger charge is -2.24. The highest BCUT2D eigenvalue weighted by Gasteiger charge is 2.21. The fourth-order valence-electron chi connectivity index (χ4n) is 2.41. The molecule has 3 heteroatoms. The van der Waals surface area contributed by atoms with Gasteiger partial charge in [0.05, 0.1) is 12.1 Å². The number of carbonyl (C=O) groups is 1. The molecule has 1 aliphatic heterocycles. The summed E-state index contributed by atoms with van der Waals surface area (Å²) in [5, 5.41) is 6.37. The monoisotopic (exact) mass is 246 g/mol. The van der Waals surface area contributed by atoms with E-state index in [1.807, 2.05) is 13.0 Å². The Morgan fingerprint density at radius 1 is 1.44 bits per heavy atom.